The molecule has 2 amide bonds. The maximum absolute atomic E-state index is 11.6. The number of piperidine rings is 1. The third-order valence-corrected chi connectivity index (χ3v) is 6.71. The van der Waals surface area contributed by atoms with Crippen molar-refractivity contribution in [1.82, 2.24) is 20.2 Å². The molecule has 2 aliphatic heterocycles. The van der Waals surface area contributed by atoms with E-state index in [0.717, 1.165) is 48.3 Å². The van der Waals surface area contributed by atoms with E-state index in [4.69, 9.17) is 10.5 Å². The summed E-state index contributed by atoms with van der Waals surface area (Å²) in [5.41, 5.74) is 7.59. The van der Waals surface area contributed by atoms with Crippen molar-refractivity contribution in [3.8, 4) is 10.9 Å². The molecular formula is C21H23N5O2S. The van der Waals surface area contributed by atoms with Gasteiger partial charge in [0.25, 0.3) is 5.19 Å². The number of pyridine rings is 1. The molecule has 7 nitrogen and oxygen atoms in total. The van der Waals surface area contributed by atoms with Gasteiger partial charge in [-0.15, -0.1) is 0 Å². The van der Waals surface area contributed by atoms with Crippen molar-refractivity contribution in [2.24, 2.45) is 5.73 Å². The summed E-state index contributed by atoms with van der Waals surface area (Å²) in [4.78, 5) is 23.1. The normalized spacial score (nSPS) is 23.4. The minimum absolute atomic E-state index is 0.268. The van der Waals surface area contributed by atoms with Crippen molar-refractivity contribution in [1.29, 1.82) is 0 Å². The molecule has 3 N–H and O–H groups in total. The molecule has 2 saturated heterocycles. The van der Waals surface area contributed by atoms with Gasteiger partial charge in [-0.25, -0.2) is 14.8 Å². The Labute approximate surface area is 172 Å². The lowest BCUT2D eigenvalue weighted by Gasteiger charge is -2.38. The summed E-state index contributed by atoms with van der Waals surface area (Å²) in [5, 5.41) is 4.25. The molecule has 0 saturated carbocycles. The summed E-state index contributed by atoms with van der Waals surface area (Å²) in [6.07, 6.45) is 5.85. The highest BCUT2D eigenvalue weighted by Crippen LogP contribution is 2.35. The summed E-state index contributed by atoms with van der Waals surface area (Å²) in [5.74, 6) is 0.764. The zero-order valence-corrected chi connectivity index (χ0v) is 16.8. The first-order valence-corrected chi connectivity index (χ1v) is 10.8. The number of thiazole rings is 1. The number of nitrogens with two attached hydrogens (primary N) is 1. The minimum Gasteiger partial charge on any atom is -0.431 e. The zero-order chi connectivity index (χ0) is 19.8. The predicted octanol–water partition coefficient (Wildman–Crippen LogP) is 3.65. The van der Waals surface area contributed by atoms with E-state index in [0.29, 0.717) is 23.3 Å². The monoisotopic (exact) mass is 409 g/mol. The van der Waals surface area contributed by atoms with Crippen LogP contribution in [0.5, 0.6) is 10.9 Å². The second-order valence-corrected chi connectivity index (χ2v) is 8.67. The predicted molar refractivity (Wildman–Crippen MR) is 112 cm³/mol. The van der Waals surface area contributed by atoms with Gasteiger partial charge in [0, 0.05) is 30.9 Å². The Morgan fingerprint density at radius 1 is 1.21 bits per heavy atom. The minimum atomic E-state index is -0.268. The van der Waals surface area contributed by atoms with E-state index in [9.17, 15) is 4.79 Å². The van der Waals surface area contributed by atoms with Gasteiger partial charge in [0.15, 0.2) is 0 Å². The quantitative estimate of drug-likeness (QED) is 0.671. The first-order valence-electron chi connectivity index (χ1n) is 9.95. The number of nitrogens with zero attached hydrogens (tertiary/aromatic N) is 3. The van der Waals surface area contributed by atoms with Crippen LogP contribution in [0.1, 0.15) is 31.2 Å². The van der Waals surface area contributed by atoms with E-state index < -0.39 is 0 Å². The van der Waals surface area contributed by atoms with Crippen LogP contribution < -0.4 is 15.8 Å². The number of primary amides is 1. The van der Waals surface area contributed by atoms with Gasteiger partial charge in [-0.05, 0) is 55.5 Å². The van der Waals surface area contributed by atoms with E-state index >= 15 is 0 Å². The highest BCUT2D eigenvalue weighted by atomic mass is 32.1. The number of benzene rings is 1. The van der Waals surface area contributed by atoms with Gasteiger partial charge in [0.2, 0.25) is 0 Å². The number of nitrogens with one attached hydrogen (secondary N) is 1. The Balaban J connectivity index is 1.17. The molecule has 1 aromatic carbocycles. The molecule has 3 atom stereocenters. The Hall–Kier alpha value is -2.71. The Kier molecular flexibility index (Phi) is 4.81. The van der Waals surface area contributed by atoms with Crippen LogP contribution in [0.3, 0.4) is 0 Å². The number of fused-ring (bicyclic) bond motifs is 3. The SMILES string of the molecule is NC(=O)N1[C@@H]2CC[C@H]1CC(NCc1ccc(Oc3nc4cccnc4s3)cc1)C2. The van der Waals surface area contributed by atoms with Crippen molar-refractivity contribution in [2.45, 2.75) is 50.4 Å². The van der Waals surface area contributed by atoms with Gasteiger partial charge in [0.1, 0.15) is 16.1 Å². The molecule has 3 aromatic rings. The van der Waals surface area contributed by atoms with Gasteiger partial charge in [-0.3, -0.25) is 0 Å². The lowest BCUT2D eigenvalue weighted by Crippen LogP contribution is -2.53. The van der Waals surface area contributed by atoms with Crippen LogP contribution in [-0.4, -0.2) is 39.0 Å². The molecule has 0 aliphatic carbocycles. The first-order chi connectivity index (χ1) is 14.2. The molecule has 5 rings (SSSR count). The van der Waals surface area contributed by atoms with Gasteiger partial charge >= 0.3 is 6.03 Å². The van der Waals surface area contributed by atoms with Crippen molar-refractivity contribution in [3.63, 3.8) is 0 Å². The van der Waals surface area contributed by atoms with E-state index in [1.807, 2.05) is 29.2 Å². The molecular weight excluding hydrogens is 386 g/mol. The highest BCUT2D eigenvalue weighted by molar-refractivity contribution is 7.19. The van der Waals surface area contributed by atoms with Gasteiger partial charge in [-0.2, -0.15) is 0 Å². The number of aromatic nitrogens is 2. The smallest absolute Gasteiger partial charge is 0.315 e. The second kappa shape index (κ2) is 7.61. The molecule has 4 heterocycles. The first kappa shape index (κ1) is 18.3. The van der Waals surface area contributed by atoms with E-state index in [1.54, 1.807) is 6.20 Å². The standard InChI is InChI=1S/C21H23N5O2S/c22-20(27)26-15-5-6-16(26)11-14(10-15)24-12-13-3-7-17(8-4-13)28-21-25-18-2-1-9-23-19(18)29-21/h1-4,7-9,14-16,24H,5-6,10-12H2,(H2,22,27)/t14?,15-,16+. The van der Waals surface area contributed by atoms with Crippen LogP contribution in [0.15, 0.2) is 42.6 Å². The average Bonchev–Trinajstić information content (AvgIpc) is 3.25. The maximum atomic E-state index is 11.6. The number of hydrogen-bond donors (Lipinski definition) is 2. The van der Waals surface area contributed by atoms with E-state index in [1.165, 1.54) is 16.9 Å². The maximum Gasteiger partial charge on any atom is 0.315 e. The van der Waals surface area contributed by atoms with E-state index in [-0.39, 0.29) is 6.03 Å². The molecule has 8 heteroatoms. The molecule has 2 aromatic heterocycles. The average molecular weight is 410 g/mol. The summed E-state index contributed by atoms with van der Waals surface area (Å²) >= 11 is 1.44. The zero-order valence-electron chi connectivity index (χ0n) is 16.0. The number of hydrogen-bond acceptors (Lipinski definition) is 6. The highest BCUT2D eigenvalue weighted by Gasteiger charge is 2.42. The van der Waals surface area contributed by atoms with Crippen molar-refractivity contribution >= 4 is 27.7 Å². The number of urea groups is 1. The molecule has 0 radical (unpaired) electrons. The van der Waals surface area contributed by atoms with Crippen LogP contribution in [-0.2, 0) is 6.54 Å². The van der Waals surface area contributed by atoms with Crippen LogP contribution in [0.2, 0.25) is 0 Å². The number of carbonyl (C=O) groups excluding carboxylic acids is 1. The molecule has 29 heavy (non-hydrogen) atoms. The summed E-state index contributed by atoms with van der Waals surface area (Å²) < 4.78 is 5.88. The third kappa shape index (κ3) is 3.77. The Bertz CT molecular complexity index is 974. The molecule has 1 unspecified atom stereocenters. The van der Waals surface area contributed by atoms with Crippen molar-refractivity contribution in [3.05, 3.63) is 48.2 Å². The number of rotatable bonds is 5. The van der Waals surface area contributed by atoms with Crippen LogP contribution in [0.25, 0.3) is 10.3 Å². The Morgan fingerprint density at radius 3 is 2.66 bits per heavy atom. The molecule has 2 fully saturated rings. The number of ether oxygens (including phenoxy) is 1. The second-order valence-electron chi connectivity index (χ2n) is 7.73. The molecule has 2 aliphatic rings. The Morgan fingerprint density at radius 2 is 1.97 bits per heavy atom. The van der Waals surface area contributed by atoms with Gasteiger partial charge < -0.3 is 20.7 Å². The molecule has 2 bridgehead atoms. The fourth-order valence-corrected chi connectivity index (χ4v) is 5.31. The lowest BCUT2D eigenvalue weighted by molar-refractivity contribution is 0.138. The summed E-state index contributed by atoms with van der Waals surface area (Å²) in [6.45, 7) is 0.798. The van der Waals surface area contributed by atoms with Crippen LogP contribution >= 0.6 is 11.3 Å². The third-order valence-electron chi connectivity index (χ3n) is 5.86. The lowest BCUT2D eigenvalue weighted by atomic mass is 9.97. The molecule has 0 spiro atoms. The van der Waals surface area contributed by atoms with E-state index in [2.05, 4.69) is 27.4 Å². The van der Waals surface area contributed by atoms with Gasteiger partial charge in [0.05, 0.1) is 0 Å². The number of amides is 2. The summed E-state index contributed by atoms with van der Waals surface area (Å²) in [6, 6.07) is 12.6. The fraction of sp³-hybridized carbons (Fsp3) is 0.381. The van der Waals surface area contributed by atoms with Crippen molar-refractivity contribution in [2.75, 3.05) is 0 Å². The van der Waals surface area contributed by atoms with Crippen LogP contribution in [0, 0.1) is 0 Å². The topological polar surface area (TPSA) is 93.4 Å². The largest absolute Gasteiger partial charge is 0.431 e. The fourth-order valence-electron chi connectivity index (χ4n) is 4.54. The molecule has 150 valence electrons. The van der Waals surface area contributed by atoms with Gasteiger partial charge in [-0.1, -0.05) is 23.5 Å². The number of carbonyl (C=O) groups is 1. The van der Waals surface area contributed by atoms with Crippen LogP contribution in [0.4, 0.5) is 4.79 Å². The summed E-state index contributed by atoms with van der Waals surface area (Å²) in [7, 11) is 0. The van der Waals surface area contributed by atoms with Crippen molar-refractivity contribution < 1.29 is 9.53 Å².